The summed E-state index contributed by atoms with van der Waals surface area (Å²) in [6, 6.07) is 11.9. The second kappa shape index (κ2) is 5.85. The molecule has 1 heterocycles. The first kappa shape index (κ1) is 12.9. The lowest BCUT2D eigenvalue weighted by molar-refractivity contribution is 0.651. The first-order chi connectivity index (χ1) is 8.66. The molecule has 2 rings (SSSR count). The predicted octanol–water partition coefficient (Wildman–Crippen LogP) is 2.95. The number of aromatic nitrogens is 1. The van der Waals surface area contributed by atoms with Crippen LogP contribution < -0.4 is 11.5 Å². The molecule has 0 fully saturated rings. The first-order valence-corrected chi connectivity index (χ1v) is 6.25. The number of benzene rings is 1. The molecule has 0 spiro atoms. The molecule has 0 aliphatic rings. The van der Waals surface area contributed by atoms with Crippen molar-refractivity contribution in [2.24, 2.45) is 5.73 Å². The number of halogens is 1. The number of nitrogens with zero attached hydrogens (tertiary/aromatic N) is 1. The maximum atomic E-state index is 6.14. The van der Waals surface area contributed by atoms with Gasteiger partial charge >= 0.3 is 0 Å². The van der Waals surface area contributed by atoms with E-state index >= 15 is 0 Å². The zero-order valence-electron chi connectivity index (χ0n) is 10.0. The van der Waals surface area contributed by atoms with Crippen molar-refractivity contribution in [2.45, 2.75) is 18.9 Å². The Bertz CT molecular complexity index is 514. The van der Waals surface area contributed by atoms with Crippen LogP contribution in [0.2, 0.25) is 5.02 Å². The van der Waals surface area contributed by atoms with Gasteiger partial charge in [0.1, 0.15) is 5.82 Å². The molecule has 3 nitrogen and oxygen atoms in total. The predicted molar refractivity (Wildman–Crippen MR) is 75.4 cm³/mol. The van der Waals surface area contributed by atoms with Gasteiger partial charge in [-0.1, -0.05) is 41.9 Å². The minimum absolute atomic E-state index is 0.00424. The highest BCUT2D eigenvalue weighted by molar-refractivity contribution is 6.30. The van der Waals surface area contributed by atoms with E-state index in [1.54, 1.807) is 6.20 Å². The standard InChI is InChI=1S/C14H16ClN3/c15-12-8-11(14(17)18-9-12)6-7-13(16)10-4-2-1-3-5-10/h1-5,8-9,13H,6-7,16H2,(H2,17,18). The minimum Gasteiger partial charge on any atom is -0.383 e. The van der Waals surface area contributed by atoms with E-state index in [2.05, 4.69) is 4.98 Å². The number of anilines is 1. The molecule has 0 saturated carbocycles. The third-order valence-corrected chi connectivity index (χ3v) is 3.13. The van der Waals surface area contributed by atoms with Gasteiger partial charge in [-0.2, -0.15) is 0 Å². The Morgan fingerprint density at radius 2 is 1.94 bits per heavy atom. The van der Waals surface area contributed by atoms with Gasteiger partial charge in [0.2, 0.25) is 0 Å². The van der Waals surface area contributed by atoms with Gasteiger partial charge in [0.25, 0.3) is 0 Å². The molecule has 2 aromatic rings. The van der Waals surface area contributed by atoms with Gasteiger partial charge in [0, 0.05) is 12.2 Å². The van der Waals surface area contributed by atoms with Crippen LogP contribution >= 0.6 is 11.6 Å². The highest BCUT2D eigenvalue weighted by Gasteiger charge is 2.08. The van der Waals surface area contributed by atoms with Crippen LogP contribution in [-0.2, 0) is 6.42 Å². The van der Waals surface area contributed by atoms with Crippen LogP contribution in [0, 0.1) is 0 Å². The van der Waals surface area contributed by atoms with Gasteiger partial charge in [-0.25, -0.2) is 4.98 Å². The monoisotopic (exact) mass is 261 g/mol. The van der Waals surface area contributed by atoms with E-state index in [1.165, 1.54) is 0 Å². The van der Waals surface area contributed by atoms with E-state index in [0.717, 1.165) is 24.0 Å². The Balaban J connectivity index is 2.01. The van der Waals surface area contributed by atoms with Crippen molar-refractivity contribution in [2.75, 3.05) is 5.73 Å². The molecule has 94 valence electrons. The van der Waals surface area contributed by atoms with Crippen molar-refractivity contribution in [3.63, 3.8) is 0 Å². The summed E-state index contributed by atoms with van der Waals surface area (Å²) in [5, 5.41) is 0.604. The van der Waals surface area contributed by atoms with Crippen molar-refractivity contribution in [1.82, 2.24) is 4.98 Å². The van der Waals surface area contributed by atoms with Gasteiger partial charge < -0.3 is 11.5 Å². The number of hydrogen-bond acceptors (Lipinski definition) is 3. The number of hydrogen-bond donors (Lipinski definition) is 2. The fourth-order valence-corrected chi connectivity index (χ4v) is 2.05. The summed E-state index contributed by atoms with van der Waals surface area (Å²) in [6.45, 7) is 0. The Labute approximate surface area is 112 Å². The van der Waals surface area contributed by atoms with Gasteiger partial charge in [0.05, 0.1) is 5.02 Å². The highest BCUT2D eigenvalue weighted by Crippen LogP contribution is 2.20. The van der Waals surface area contributed by atoms with E-state index < -0.39 is 0 Å². The molecule has 0 aliphatic carbocycles. The number of aryl methyl sites for hydroxylation is 1. The maximum absolute atomic E-state index is 6.14. The molecule has 0 bridgehead atoms. The fraction of sp³-hybridized carbons (Fsp3) is 0.214. The molecule has 1 atom stereocenters. The second-order valence-electron chi connectivity index (χ2n) is 4.25. The van der Waals surface area contributed by atoms with Crippen molar-refractivity contribution < 1.29 is 0 Å². The first-order valence-electron chi connectivity index (χ1n) is 5.87. The Hall–Kier alpha value is -1.58. The second-order valence-corrected chi connectivity index (χ2v) is 4.69. The van der Waals surface area contributed by atoms with E-state index in [1.807, 2.05) is 36.4 Å². The van der Waals surface area contributed by atoms with Crippen LogP contribution in [0.1, 0.15) is 23.6 Å². The molecule has 1 aromatic heterocycles. The molecule has 0 radical (unpaired) electrons. The number of nitrogens with two attached hydrogens (primary N) is 2. The van der Waals surface area contributed by atoms with Crippen LogP contribution in [0.4, 0.5) is 5.82 Å². The Morgan fingerprint density at radius 1 is 1.22 bits per heavy atom. The van der Waals surface area contributed by atoms with Crippen LogP contribution in [0.5, 0.6) is 0 Å². The lowest BCUT2D eigenvalue weighted by Crippen LogP contribution is -2.11. The van der Waals surface area contributed by atoms with Gasteiger partial charge in [0.15, 0.2) is 0 Å². The average molecular weight is 262 g/mol. The zero-order valence-corrected chi connectivity index (χ0v) is 10.8. The van der Waals surface area contributed by atoms with Gasteiger partial charge in [-0.3, -0.25) is 0 Å². The summed E-state index contributed by atoms with van der Waals surface area (Å²) < 4.78 is 0. The van der Waals surface area contributed by atoms with Crippen LogP contribution in [-0.4, -0.2) is 4.98 Å². The smallest absolute Gasteiger partial charge is 0.126 e. The largest absolute Gasteiger partial charge is 0.383 e. The summed E-state index contributed by atoms with van der Waals surface area (Å²) >= 11 is 5.90. The number of pyridine rings is 1. The molecule has 1 unspecified atom stereocenters. The molecular weight excluding hydrogens is 246 g/mol. The minimum atomic E-state index is 0.00424. The normalized spacial score (nSPS) is 12.3. The lowest BCUT2D eigenvalue weighted by Gasteiger charge is -2.12. The van der Waals surface area contributed by atoms with E-state index in [4.69, 9.17) is 23.1 Å². The van der Waals surface area contributed by atoms with Crippen LogP contribution in [0.25, 0.3) is 0 Å². The summed E-state index contributed by atoms with van der Waals surface area (Å²) in [7, 11) is 0. The summed E-state index contributed by atoms with van der Waals surface area (Å²) in [4.78, 5) is 4.03. The zero-order chi connectivity index (χ0) is 13.0. The quantitative estimate of drug-likeness (QED) is 0.889. The van der Waals surface area contributed by atoms with Crippen LogP contribution in [0.15, 0.2) is 42.6 Å². The molecule has 4 heteroatoms. The molecule has 0 amide bonds. The summed E-state index contributed by atoms with van der Waals surface area (Å²) in [5.74, 6) is 0.527. The van der Waals surface area contributed by atoms with Crippen molar-refractivity contribution in [3.8, 4) is 0 Å². The Kier molecular flexibility index (Phi) is 4.18. The van der Waals surface area contributed by atoms with Crippen molar-refractivity contribution in [3.05, 3.63) is 58.7 Å². The molecule has 4 N–H and O–H groups in total. The third kappa shape index (κ3) is 3.22. The molecule has 0 saturated heterocycles. The number of rotatable bonds is 4. The summed E-state index contributed by atoms with van der Waals surface area (Å²) in [6.07, 6.45) is 3.14. The van der Waals surface area contributed by atoms with Crippen molar-refractivity contribution in [1.29, 1.82) is 0 Å². The SMILES string of the molecule is Nc1ncc(Cl)cc1CCC(N)c1ccccc1. The topological polar surface area (TPSA) is 64.9 Å². The maximum Gasteiger partial charge on any atom is 0.126 e. The number of nitrogen functional groups attached to an aromatic ring is 1. The van der Waals surface area contributed by atoms with E-state index in [-0.39, 0.29) is 6.04 Å². The molecule has 1 aromatic carbocycles. The van der Waals surface area contributed by atoms with Crippen LogP contribution in [0.3, 0.4) is 0 Å². The molecule has 0 aliphatic heterocycles. The molecular formula is C14H16ClN3. The highest BCUT2D eigenvalue weighted by atomic mass is 35.5. The average Bonchev–Trinajstić information content (AvgIpc) is 2.40. The Morgan fingerprint density at radius 3 is 2.67 bits per heavy atom. The lowest BCUT2D eigenvalue weighted by atomic mass is 10.0. The van der Waals surface area contributed by atoms with Gasteiger partial charge in [-0.05, 0) is 30.0 Å². The van der Waals surface area contributed by atoms with E-state index in [9.17, 15) is 0 Å². The van der Waals surface area contributed by atoms with Gasteiger partial charge in [-0.15, -0.1) is 0 Å². The molecule has 18 heavy (non-hydrogen) atoms. The van der Waals surface area contributed by atoms with E-state index in [0.29, 0.717) is 10.8 Å². The summed E-state index contributed by atoms with van der Waals surface area (Å²) in [5.41, 5.74) is 14.0. The fourth-order valence-electron chi connectivity index (χ4n) is 1.87. The third-order valence-electron chi connectivity index (χ3n) is 2.92. The van der Waals surface area contributed by atoms with Crippen molar-refractivity contribution >= 4 is 17.4 Å².